The van der Waals surface area contributed by atoms with E-state index in [0.29, 0.717) is 12.6 Å². The van der Waals surface area contributed by atoms with Crippen molar-refractivity contribution in [2.24, 2.45) is 0 Å². The van der Waals surface area contributed by atoms with E-state index >= 15 is 0 Å². The van der Waals surface area contributed by atoms with Gasteiger partial charge in [0.15, 0.2) is 17.3 Å². The molecule has 0 saturated carbocycles. The average Bonchev–Trinajstić information content (AvgIpc) is 2.74. The van der Waals surface area contributed by atoms with Crippen molar-refractivity contribution in [3.63, 3.8) is 0 Å². The van der Waals surface area contributed by atoms with Crippen LogP contribution < -0.4 is 15.9 Å². The normalized spacial score (nSPS) is 11.3. The molecule has 0 aliphatic rings. The minimum absolute atomic E-state index is 0.111. The third kappa shape index (κ3) is 5.24. The van der Waals surface area contributed by atoms with Crippen LogP contribution >= 0.6 is 11.6 Å². The van der Waals surface area contributed by atoms with Crippen molar-refractivity contribution < 1.29 is 22.6 Å². The first kappa shape index (κ1) is 24.0. The van der Waals surface area contributed by atoms with Crippen LogP contribution in [0.15, 0.2) is 40.2 Å². The summed E-state index contributed by atoms with van der Waals surface area (Å²) in [7, 11) is 1.45. The SMILES string of the molecule is COCc1ccc(Cn2cnc(C(C)(F)F)c(Oc3cc(Cl)cc(C#N)c3F)c2=O)c(=O)[nH]1. The molecule has 0 fully saturated rings. The Kier molecular flexibility index (Phi) is 6.90. The molecule has 2 heterocycles. The molecule has 3 aromatic rings. The van der Waals surface area contributed by atoms with Crippen LogP contribution in [0.1, 0.15) is 29.4 Å². The largest absolute Gasteiger partial charge is 0.446 e. The molecule has 1 N–H and O–H groups in total. The number of H-pyrrole nitrogens is 1. The lowest BCUT2D eigenvalue weighted by atomic mass is 10.2. The van der Waals surface area contributed by atoms with Gasteiger partial charge < -0.3 is 14.5 Å². The Labute approximate surface area is 189 Å². The number of halogens is 4. The molecular formula is C21H16ClF3N4O4. The molecule has 0 spiro atoms. The van der Waals surface area contributed by atoms with Gasteiger partial charge >= 0.3 is 0 Å². The molecule has 172 valence electrons. The topological polar surface area (TPSA) is 110 Å². The molecule has 3 rings (SSSR count). The zero-order valence-corrected chi connectivity index (χ0v) is 18.0. The van der Waals surface area contributed by atoms with Gasteiger partial charge in [0.1, 0.15) is 6.07 Å². The Balaban J connectivity index is 2.10. The number of pyridine rings is 1. The highest BCUT2D eigenvalue weighted by Gasteiger charge is 2.34. The third-order valence-corrected chi connectivity index (χ3v) is 4.66. The van der Waals surface area contributed by atoms with Gasteiger partial charge in [-0.05, 0) is 18.2 Å². The molecule has 12 heteroatoms. The number of hydrogen-bond acceptors (Lipinski definition) is 6. The highest BCUT2D eigenvalue weighted by atomic mass is 35.5. The molecule has 0 saturated heterocycles. The van der Waals surface area contributed by atoms with Crippen molar-refractivity contribution in [1.29, 1.82) is 5.26 Å². The van der Waals surface area contributed by atoms with E-state index < -0.39 is 45.6 Å². The van der Waals surface area contributed by atoms with E-state index in [2.05, 4.69) is 9.97 Å². The van der Waals surface area contributed by atoms with Crippen molar-refractivity contribution in [3.05, 3.63) is 84.7 Å². The number of alkyl halides is 2. The summed E-state index contributed by atoms with van der Waals surface area (Å²) in [6.07, 6.45) is 0.833. The molecular weight excluding hydrogens is 465 g/mol. The number of aromatic amines is 1. The fourth-order valence-electron chi connectivity index (χ4n) is 2.91. The number of nitrogens with one attached hydrogen (secondary N) is 1. The van der Waals surface area contributed by atoms with Crippen molar-refractivity contribution >= 4 is 11.6 Å². The standard InChI is InChI=1S/C21H16ClF3N4O4/c1-21(24,25)18-17(33-15-6-13(22)5-12(7-26)16(15)23)20(31)29(10-27-18)8-11-3-4-14(9-32-2)28-19(11)30/h3-6,10H,8-9H2,1-2H3,(H,28,30). The summed E-state index contributed by atoms with van der Waals surface area (Å²) >= 11 is 5.84. The summed E-state index contributed by atoms with van der Waals surface area (Å²) in [5.41, 5.74) is -2.56. The highest BCUT2D eigenvalue weighted by Crippen LogP contribution is 2.35. The first-order chi connectivity index (χ1) is 15.5. The summed E-state index contributed by atoms with van der Waals surface area (Å²) in [4.78, 5) is 31.5. The van der Waals surface area contributed by atoms with Gasteiger partial charge in [0.05, 0.1) is 25.0 Å². The molecule has 0 unspecified atom stereocenters. The van der Waals surface area contributed by atoms with E-state index in [-0.39, 0.29) is 23.7 Å². The Morgan fingerprint density at radius 3 is 2.64 bits per heavy atom. The molecule has 0 amide bonds. The van der Waals surface area contributed by atoms with Crippen LogP contribution in [0.25, 0.3) is 0 Å². The second kappa shape index (κ2) is 9.48. The highest BCUT2D eigenvalue weighted by molar-refractivity contribution is 6.30. The molecule has 0 radical (unpaired) electrons. The number of ether oxygens (including phenoxy) is 2. The number of nitriles is 1. The van der Waals surface area contributed by atoms with Gasteiger partial charge in [0, 0.05) is 36.4 Å². The number of rotatable bonds is 7. The third-order valence-electron chi connectivity index (χ3n) is 4.44. The molecule has 8 nitrogen and oxygen atoms in total. The van der Waals surface area contributed by atoms with Crippen LogP contribution in [-0.2, 0) is 23.8 Å². The molecule has 0 bridgehead atoms. The lowest BCUT2D eigenvalue weighted by Gasteiger charge is -2.17. The Hall–Kier alpha value is -3.62. The molecule has 33 heavy (non-hydrogen) atoms. The second-order valence-corrected chi connectivity index (χ2v) is 7.43. The zero-order chi connectivity index (χ0) is 24.3. The minimum Gasteiger partial charge on any atom is -0.446 e. The summed E-state index contributed by atoms with van der Waals surface area (Å²) < 4.78 is 53.8. The van der Waals surface area contributed by atoms with Gasteiger partial charge in [-0.3, -0.25) is 14.2 Å². The number of methoxy groups -OCH3 is 1. The van der Waals surface area contributed by atoms with Gasteiger partial charge in [0.25, 0.3) is 17.0 Å². The number of hydrogen-bond donors (Lipinski definition) is 1. The van der Waals surface area contributed by atoms with E-state index in [9.17, 15) is 22.8 Å². The van der Waals surface area contributed by atoms with Gasteiger partial charge in [-0.15, -0.1) is 0 Å². The Morgan fingerprint density at radius 2 is 2.03 bits per heavy atom. The lowest BCUT2D eigenvalue weighted by Crippen LogP contribution is -2.29. The number of nitrogens with zero attached hydrogens (tertiary/aromatic N) is 3. The summed E-state index contributed by atoms with van der Waals surface area (Å²) in [5.74, 6) is -6.49. The maximum atomic E-state index is 14.5. The molecule has 2 aromatic heterocycles. The van der Waals surface area contributed by atoms with Crippen LogP contribution in [0, 0.1) is 17.1 Å². The lowest BCUT2D eigenvalue weighted by molar-refractivity contribution is 0.0100. The first-order valence-electron chi connectivity index (χ1n) is 9.30. The first-order valence-corrected chi connectivity index (χ1v) is 9.67. The number of aromatic nitrogens is 3. The van der Waals surface area contributed by atoms with Crippen LogP contribution in [0.5, 0.6) is 11.5 Å². The predicted molar refractivity (Wildman–Crippen MR) is 111 cm³/mol. The summed E-state index contributed by atoms with van der Waals surface area (Å²) in [6.45, 7) is 0.313. The van der Waals surface area contributed by atoms with Gasteiger partial charge in [-0.2, -0.15) is 14.0 Å². The van der Waals surface area contributed by atoms with Gasteiger partial charge in [0.2, 0.25) is 5.75 Å². The van der Waals surface area contributed by atoms with Crippen LogP contribution in [0.2, 0.25) is 5.02 Å². The van der Waals surface area contributed by atoms with Crippen molar-refractivity contribution in [2.45, 2.75) is 26.0 Å². The van der Waals surface area contributed by atoms with Crippen LogP contribution in [-0.4, -0.2) is 21.6 Å². The van der Waals surface area contributed by atoms with E-state index in [4.69, 9.17) is 26.3 Å². The molecule has 0 aliphatic carbocycles. The van der Waals surface area contributed by atoms with Gasteiger partial charge in [-0.1, -0.05) is 11.6 Å². The van der Waals surface area contributed by atoms with E-state index in [1.807, 2.05) is 0 Å². The summed E-state index contributed by atoms with van der Waals surface area (Å²) in [5, 5.41) is 8.91. The second-order valence-electron chi connectivity index (χ2n) is 6.99. The maximum Gasteiger partial charge on any atom is 0.297 e. The Morgan fingerprint density at radius 1 is 1.30 bits per heavy atom. The molecule has 0 atom stereocenters. The Bertz CT molecular complexity index is 1360. The quantitative estimate of drug-likeness (QED) is 0.552. The number of benzene rings is 1. The molecule has 1 aromatic carbocycles. The van der Waals surface area contributed by atoms with E-state index in [0.717, 1.165) is 23.0 Å². The zero-order valence-electron chi connectivity index (χ0n) is 17.3. The predicted octanol–water partition coefficient (Wildman–Crippen LogP) is 3.69. The fourth-order valence-corrected chi connectivity index (χ4v) is 3.12. The smallest absolute Gasteiger partial charge is 0.297 e. The van der Waals surface area contributed by atoms with Crippen molar-refractivity contribution in [3.8, 4) is 17.6 Å². The van der Waals surface area contributed by atoms with Crippen LogP contribution in [0.4, 0.5) is 13.2 Å². The molecule has 0 aliphatic heterocycles. The van der Waals surface area contributed by atoms with E-state index in [1.165, 1.54) is 13.2 Å². The fraction of sp³-hybridized carbons (Fsp3) is 0.238. The van der Waals surface area contributed by atoms with E-state index in [1.54, 1.807) is 12.1 Å². The van der Waals surface area contributed by atoms with Gasteiger partial charge in [-0.25, -0.2) is 9.37 Å². The monoisotopic (exact) mass is 480 g/mol. The minimum atomic E-state index is -3.63. The maximum absolute atomic E-state index is 14.5. The summed E-state index contributed by atoms with van der Waals surface area (Å²) in [6, 6.07) is 6.51. The van der Waals surface area contributed by atoms with Crippen molar-refractivity contribution in [2.75, 3.05) is 7.11 Å². The van der Waals surface area contributed by atoms with Crippen molar-refractivity contribution in [1.82, 2.24) is 14.5 Å². The average molecular weight is 481 g/mol. The van der Waals surface area contributed by atoms with Crippen LogP contribution in [0.3, 0.4) is 0 Å².